The van der Waals surface area contributed by atoms with Crippen molar-refractivity contribution in [3.05, 3.63) is 41.2 Å². The number of rotatable bonds is 5. The van der Waals surface area contributed by atoms with Crippen molar-refractivity contribution >= 4 is 29.7 Å². The fraction of sp³-hybridized carbons (Fsp3) is 0.143. The molecule has 3 aromatic rings. The maximum atomic E-state index is 12.2. The van der Waals surface area contributed by atoms with Crippen molar-refractivity contribution in [2.75, 3.05) is 12.0 Å². The van der Waals surface area contributed by atoms with Gasteiger partial charge >= 0.3 is 0 Å². The number of hydrogen-bond donors (Lipinski definition) is 2. The first-order chi connectivity index (χ1) is 12.1. The quantitative estimate of drug-likeness (QED) is 0.392. The fourth-order valence-electron chi connectivity index (χ4n) is 1.99. The Hall–Kier alpha value is -3.21. The van der Waals surface area contributed by atoms with Crippen LogP contribution in [0.4, 0.5) is 5.82 Å². The van der Waals surface area contributed by atoms with E-state index < -0.39 is 5.91 Å². The first kappa shape index (κ1) is 16.6. The summed E-state index contributed by atoms with van der Waals surface area (Å²) in [5, 5.41) is 18.7. The van der Waals surface area contributed by atoms with E-state index in [-0.39, 0.29) is 17.3 Å². The van der Waals surface area contributed by atoms with Crippen molar-refractivity contribution in [1.29, 1.82) is 0 Å². The molecule has 11 heteroatoms. The molecule has 0 atom stereocenters. The zero-order valence-corrected chi connectivity index (χ0v) is 14.2. The van der Waals surface area contributed by atoms with Crippen LogP contribution in [0.25, 0.3) is 5.82 Å². The molecule has 0 unspecified atom stereocenters. The van der Waals surface area contributed by atoms with E-state index in [9.17, 15) is 4.79 Å². The number of nitrogens with two attached hydrogens (primary N) is 1. The molecular formula is C14H14N8O2S. The molecule has 0 aliphatic carbocycles. The molecule has 0 fully saturated rings. The van der Waals surface area contributed by atoms with E-state index in [0.717, 1.165) is 10.5 Å². The number of hydrogen-bond acceptors (Lipinski definition) is 9. The Kier molecular flexibility index (Phi) is 4.75. The molecule has 0 radical (unpaired) electrons. The molecule has 0 aliphatic heterocycles. The number of nitrogen functional groups attached to an aromatic ring is 1. The lowest BCUT2D eigenvalue weighted by Crippen LogP contribution is -2.19. The third-order valence-electron chi connectivity index (χ3n) is 3.30. The van der Waals surface area contributed by atoms with Crippen LogP contribution in [0, 0.1) is 6.92 Å². The number of amides is 1. The summed E-state index contributed by atoms with van der Waals surface area (Å²) in [6, 6.07) is 7.76. The largest absolute Gasteiger partial charge is 0.378 e. The summed E-state index contributed by atoms with van der Waals surface area (Å²) in [5.41, 5.74) is 9.41. The summed E-state index contributed by atoms with van der Waals surface area (Å²) in [6.07, 6.45) is 3.54. The predicted octanol–water partition coefficient (Wildman–Crippen LogP) is 1.03. The van der Waals surface area contributed by atoms with Gasteiger partial charge in [0.25, 0.3) is 5.91 Å². The van der Waals surface area contributed by atoms with Crippen LogP contribution >= 0.6 is 11.8 Å². The Morgan fingerprint density at radius 3 is 2.76 bits per heavy atom. The molecule has 2 heterocycles. The second-order valence-electron chi connectivity index (χ2n) is 4.88. The van der Waals surface area contributed by atoms with Crippen LogP contribution in [-0.2, 0) is 0 Å². The molecular weight excluding hydrogens is 344 g/mol. The molecule has 1 amide bonds. The van der Waals surface area contributed by atoms with E-state index in [0.29, 0.717) is 5.69 Å². The minimum Gasteiger partial charge on any atom is -0.378 e. The number of carbonyl (C=O) groups excluding carboxylic acids is 1. The van der Waals surface area contributed by atoms with Gasteiger partial charge in [-0.25, -0.2) is 10.1 Å². The van der Waals surface area contributed by atoms with Crippen molar-refractivity contribution in [2.45, 2.75) is 11.8 Å². The first-order valence-electron chi connectivity index (χ1n) is 7.08. The van der Waals surface area contributed by atoms with E-state index in [1.807, 2.05) is 30.5 Å². The monoisotopic (exact) mass is 358 g/mol. The average Bonchev–Trinajstić information content (AvgIpc) is 3.20. The molecule has 0 saturated heterocycles. The summed E-state index contributed by atoms with van der Waals surface area (Å²) in [4.78, 5) is 13.3. The number of benzene rings is 1. The summed E-state index contributed by atoms with van der Waals surface area (Å²) >= 11 is 1.65. The Balaban J connectivity index is 1.70. The molecule has 128 valence electrons. The number of nitrogens with zero attached hydrogens (tertiary/aromatic N) is 6. The summed E-state index contributed by atoms with van der Waals surface area (Å²) in [5.74, 6) is -0.288. The van der Waals surface area contributed by atoms with E-state index in [1.165, 1.54) is 4.68 Å². The SMILES string of the molecule is CSc1ccc(C=NNC(=O)c2nnn(-c3nonc3N)c2C)cc1. The number of hydrazone groups is 1. The third kappa shape index (κ3) is 3.50. The number of anilines is 1. The van der Waals surface area contributed by atoms with Crippen molar-refractivity contribution < 1.29 is 9.42 Å². The van der Waals surface area contributed by atoms with Crippen molar-refractivity contribution in [1.82, 2.24) is 30.7 Å². The highest BCUT2D eigenvalue weighted by Crippen LogP contribution is 2.15. The van der Waals surface area contributed by atoms with Crippen molar-refractivity contribution in [3.8, 4) is 5.82 Å². The Bertz CT molecular complexity index is 915. The molecule has 10 nitrogen and oxygen atoms in total. The number of thioether (sulfide) groups is 1. The molecule has 3 rings (SSSR count). The second kappa shape index (κ2) is 7.13. The van der Waals surface area contributed by atoms with Gasteiger partial charge < -0.3 is 5.73 Å². The van der Waals surface area contributed by atoms with Crippen LogP contribution in [-0.4, -0.2) is 43.7 Å². The van der Waals surface area contributed by atoms with Crippen LogP contribution in [0.2, 0.25) is 0 Å². The van der Waals surface area contributed by atoms with Gasteiger partial charge in [0.1, 0.15) is 0 Å². The van der Waals surface area contributed by atoms with Crippen LogP contribution in [0.5, 0.6) is 0 Å². The average molecular weight is 358 g/mol. The number of carbonyl (C=O) groups is 1. The van der Waals surface area contributed by atoms with Gasteiger partial charge in [0, 0.05) is 4.90 Å². The maximum absolute atomic E-state index is 12.2. The highest BCUT2D eigenvalue weighted by molar-refractivity contribution is 7.98. The van der Waals surface area contributed by atoms with Crippen molar-refractivity contribution in [3.63, 3.8) is 0 Å². The molecule has 25 heavy (non-hydrogen) atoms. The molecule has 0 bridgehead atoms. The Morgan fingerprint density at radius 1 is 1.36 bits per heavy atom. The highest BCUT2D eigenvalue weighted by atomic mass is 32.2. The van der Waals surface area contributed by atoms with Gasteiger partial charge in [0.2, 0.25) is 11.6 Å². The lowest BCUT2D eigenvalue weighted by molar-refractivity contribution is 0.0949. The third-order valence-corrected chi connectivity index (χ3v) is 4.04. The summed E-state index contributed by atoms with van der Waals surface area (Å²) in [6.45, 7) is 1.65. The van der Waals surface area contributed by atoms with Gasteiger partial charge in [0.05, 0.1) is 11.9 Å². The van der Waals surface area contributed by atoms with Gasteiger partial charge in [-0.2, -0.15) is 9.78 Å². The standard InChI is InChI=1S/C14H14N8O2S/c1-8-11(17-21-22(8)13-12(15)19-24-20-13)14(23)18-16-7-9-3-5-10(25-2)6-4-9/h3-7H,1-2H3,(H2,15,19)(H,18,23). The smallest absolute Gasteiger partial charge is 0.293 e. The molecule has 0 aliphatic rings. The van der Waals surface area contributed by atoms with E-state index >= 15 is 0 Å². The topological polar surface area (TPSA) is 137 Å². The molecule has 2 aromatic heterocycles. The maximum Gasteiger partial charge on any atom is 0.293 e. The molecule has 1 aromatic carbocycles. The zero-order chi connectivity index (χ0) is 17.8. The van der Waals surface area contributed by atoms with E-state index in [1.54, 1.807) is 24.9 Å². The highest BCUT2D eigenvalue weighted by Gasteiger charge is 2.20. The van der Waals surface area contributed by atoms with E-state index in [4.69, 9.17) is 5.73 Å². The minimum absolute atomic E-state index is 0.0478. The molecule has 0 saturated carbocycles. The van der Waals surface area contributed by atoms with Crippen LogP contribution in [0.3, 0.4) is 0 Å². The normalized spacial score (nSPS) is 11.1. The first-order valence-corrected chi connectivity index (χ1v) is 8.30. The minimum atomic E-state index is -0.504. The van der Waals surface area contributed by atoms with Gasteiger partial charge in [-0.1, -0.05) is 17.3 Å². The second-order valence-corrected chi connectivity index (χ2v) is 5.76. The van der Waals surface area contributed by atoms with Gasteiger partial charge in [0.15, 0.2) is 5.69 Å². The number of aromatic nitrogens is 5. The molecule has 3 N–H and O–H groups in total. The van der Waals surface area contributed by atoms with Gasteiger partial charge in [-0.15, -0.1) is 16.9 Å². The summed E-state index contributed by atoms with van der Waals surface area (Å²) < 4.78 is 5.79. The van der Waals surface area contributed by atoms with Crippen LogP contribution < -0.4 is 11.2 Å². The Labute approximate surface area is 146 Å². The molecule has 0 spiro atoms. The van der Waals surface area contributed by atoms with Crippen LogP contribution in [0.15, 0.2) is 38.9 Å². The van der Waals surface area contributed by atoms with Gasteiger partial charge in [-0.05, 0) is 41.2 Å². The number of nitrogens with one attached hydrogen (secondary N) is 1. The summed E-state index contributed by atoms with van der Waals surface area (Å²) in [7, 11) is 0. The lowest BCUT2D eigenvalue weighted by Gasteiger charge is -1.99. The van der Waals surface area contributed by atoms with E-state index in [2.05, 4.69) is 35.8 Å². The lowest BCUT2D eigenvalue weighted by atomic mass is 10.2. The predicted molar refractivity (Wildman–Crippen MR) is 91.6 cm³/mol. The fourth-order valence-corrected chi connectivity index (χ4v) is 2.39. The van der Waals surface area contributed by atoms with Gasteiger partial charge in [-0.3, -0.25) is 4.79 Å². The van der Waals surface area contributed by atoms with Crippen LogP contribution in [0.1, 0.15) is 21.7 Å². The van der Waals surface area contributed by atoms with Crippen molar-refractivity contribution in [2.24, 2.45) is 5.10 Å². The Morgan fingerprint density at radius 2 is 2.12 bits per heavy atom. The zero-order valence-electron chi connectivity index (χ0n) is 13.4.